The van der Waals surface area contributed by atoms with Crippen LogP contribution in [0.3, 0.4) is 0 Å². The highest BCUT2D eigenvalue weighted by atomic mass is 79.9. The van der Waals surface area contributed by atoms with E-state index in [-0.39, 0.29) is 15.7 Å². The molecule has 1 aliphatic carbocycles. The summed E-state index contributed by atoms with van der Waals surface area (Å²) in [5.74, 6) is -0.580. The summed E-state index contributed by atoms with van der Waals surface area (Å²) < 4.78 is 22.5. The van der Waals surface area contributed by atoms with Gasteiger partial charge in [0, 0.05) is 23.5 Å². The van der Waals surface area contributed by atoms with Crippen molar-refractivity contribution in [1.82, 2.24) is 14.7 Å². The lowest BCUT2D eigenvalue weighted by Crippen LogP contribution is -2.13. The maximum Gasteiger partial charge on any atom is 0.337 e. The van der Waals surface area contributed by atoms with Crippen LogP contribution in [0.1, 0.15) is 46.6 Å². The molecule has 3 heterocycles. The first-order chi connectivity index (χ1) is 15.3. The van der Waals surface area contributed by atoms with Crippen molar-refractivity contribution < 1.29 is 18.8 Å². The van der Waals surface area contributed by atoms with Crippen LogP contribution in [0.4, 0.5) is 4.39 Å². The van der Waals surface area contributed by atoms with Crippen molar-refractivity contribution in [3.05, 3.63) is 63.5 Å². The second-order valence-corrected chi connectivity index (χ2v) is 9.23. The van der Waals surface area contributed by atoms with Crippen molar-refractivity contribution >= 4 is 32.9 Å². The van der Waals surface area contributed by atoms with Gasteiger partial charge in [0.05, 0.1) is 32.5 Å². The number of aromatic nitrogens is 3. The zero-order chi connectivity index (χ0) is 22.6. The first kappa shape index (κ1) is 20.9. The number of nitrogens with zero attached hydrogens (tertiary/aromatic N) is 3. The van der Waals surface area contributed by atoms with Gasteiger partial charge in [-0.2, -0.15) is 0 Å². The first-order valence-corrected chi connectivity index (χ1v) is 11.3. The molecule has 0 atom stereocenters. The van der Waals surface area contributed by atoms with E-state index in [1.807, 2.05) is 26.1 Å². The minimum atomic E-state index is -1.19. The molecule has 0 aliphatic heterocycles. The SMILES string of the molecule is Cc1noc(C)c1-c1cnc2c(CC3CCC3)cn(-c3c(C(=O)O)ccc(Br)c3F)c2c1. The highest BCUT2D eigenvalue weighted by Crippen LogP contribution is 2.37. The van der Waals surface area contributed by atoms with Crippen molar-refractivity contribution in [1.29, 1.82) is 0 Å². The van der Waals surface area contributed by atoms with Gasteiger partial charge in [-0.3, -0.25) is 4.98 Å². The molecule has 0 bridgehead atoms. The molecule has 5 rings (SSSR count). The average molecular weight is 498 g/mol. The third-order valence-electron chi connectivity index (χ3n) is 6.31. The molecule has 3 aromatic heterocycles. The van der Waals surface area contributed by atoms with Crippen LogP contribution >= 0.6 is 15.9 Å². The quantitative estimate of drug-likeness (QED) is 0.352. The maximum absolute atomic E-state index is 15.3. The highest BCUT2D eigenvalue weighted by molar-refractivity contribution is 9.10. The molecule has 0 unspecified atom stereocenters. The molecule has 6 nitrogen and oxygen atoms in total. The van der Waals surface area contributed by atoms with Gasteiger partial charge in [-0.1, -0.05) is 24.4 Å². The van der Waals surface area contributed by atoms with Crippen LogP contribution in [0.25, 0.3) is 27.8 Å². The van der Waals surface area contributed by atoms with Crippen molar-refractivity contribution in [3.8, 4) is 16.8 Å². The summed E-state index contributed by atoms with van der Waals surface area (Å²) in [4.78, 5) is 16.7. The molecule has 1 fully saturated rings. The van der Waals surface area contributed by atoms with E-state index in [0.717, 1.165) is 47.2 Å². The normalized spacial score (nSPS) is 14.1. The highest BCUT2D eigenvalue weighted by Gasteiger charge is 2.25. The third kappa shape index (κ3) is 3.33. The molecular weight excluding hydrogens is 477 g/mol. The number of benzene rings is 1. The number of carboxylic acid groups (broad SMARTS) is 1. The summed E-state index contributed by atoms with van der Waals surface area (Å²) in [6.07, 6.45) is 7.99. The Hall–Kier alpha value is -3.00. The molecule has 0 amide bonds. The number of hydrogen-bond acceptors (Lipinski definition) is 4. The van der Waals surface area contributed by atoms with Gasteiger partial charge in [0.25, 0.3) is 0 Å². The van der Waals surface area contributed by atoms with Crippen molar-refractivity contribution in [2.45, 2.75) is 39.5 Å². The Bertz CT molecular complexity index is 1350. The van der Waals surface area contributed by atoms with E-state index in [1.54, 1.807) is 10.8 Å². The van der Waals surface area contributed by atoms with Crippen molar-refractivity contribution in [2.75, 3.05) is 0 Å². The standard InChI is InChI=1S/C24H21BrFN3O3/c1-12-20(13(2)32-28-12)15-9-19-22(27-10-15)16(8-14-4-3-5-14)11-29(19)23-17(24(30)31)6-7-18(25)21(23)26/h6-7,9-11,14H,3-5,8H2,1-2H3,(H,30,31). The van der Waals surface area contributed by atoms with Gasteiger partial charge in [-0.25, -0.2) is 9.18 Å². The Morgan fingerprint density at radius 1 is 1.34 bits per heavy atom. The second-order valence-electron chi connectivity index (χ2n) is 8.38. The van der Waals surface area contributed by atoms with E-state index in [1.165, 1.54) is 18.6 Å². The van der Waals surface area contributed by atoms with E-state index >= 15 is 4.39 Å². The van der Waals surface area contributed by atoms with Crippen molar-refractivity contribution in [2.24, 2.45) is 5.92 Å². The van der Waals surface area contributed by atoms with Crippen molar-refractivity contribution in [3.63, 3.8) is 0 Å². The molecular formula is C24H21BrFN3O3. The van der Waals surface area contributed by atoms with Gasteiger partial charge in [-0.05, 0) is 65.9 Å². The fourth-order valence-electron chi connectivity index (χ4n) is 4.49. The van der Waals surface area contributed by atoms with Gasteiger partial charge in [0.1, 0.15) is 5.76 Å². The zero-order valence-electron chi connectivity index (χ0n) is 17.7. The summed E-state index contributed by atoms with van der Waals surface area (Å²) in [5.41, 5.74) is 4.63. The van der Waals surface area contributed by atoms with Crippen LogP contribution in [-0.4, -0.2) is 25.8 Å². The second kappa shape index (κ2) is 7.85. The Kier molecular flexibility index (Phi) is 5.12. The van der Waals surface area contributed by atoms with E-state index < -0.39 is 11.8 Å². The van der Waals surface area contributed by atoms with Crippen LogP contribution in [0.5, 0.6) is 0 Å². The number of hydrogen-bond donors (Lipinski definition) is 1. The van der Waals surface area contributed by atoms with Gasteiger partial charge in [-0.15, -0.1) is 0 Å². The van der Waals surface area contributed by atoms with Crippen LogP contribution in [0.2, 0.25) is 0 Å². The minimum absolute atomic E-state index is 0.00514. The predicted octanol–water partition coefficient (Wildman–Crippen LogP) is 6.24. The fraction of sp³-hybridized carbons (Fsp3) is 0.292. The lowest BCUT2D eigenvalue weighted by Gasteiger charge is -2.24. The average Bonchev–Trinajstić information content (AvgIpc) is 3.25. The van der Waals surface area contributed by atoms with Crippen LogP contribution in [0, 0.1) is 25.6 Å². The minimum Gasteiger partial charge on any atom is -0.478 e. The van der Waals surface area contributed by atoms with E-state index in [9.17, 15) is 9.90 Å². The number of fused-ring (bicyclic) bond motifs is 1. The molecule has 164 valence electrons. The monoisotopic (exact) mass is 497 g/mol. The fourth-order valence-corrected chi connectivity index (χ4v) is 4.81. The first-order valence-electron chi connectivity index (χ1n) is 10.5. The number of pyridine rings is 1. The van der Waals surface area contributed by atoms with E-state index in [0.29, 0.717) is 17.2 Å². The maximum atomic E-state index is 15.3. The van der Waals surface area contributed by atoms with Crippen LogP contribution in [0.15, 0.2) is 39.6 Å². The molecule has 4 aromatic rings. The Balaban J connectivity index is 1.79. The smallest absolute Gasteiger partial charge is 0.337 e. The Labute approximate surface area is 192 Å². The van der Waals surface area contributed by atoms with E-state index in [2.05, 4.69) is 21.1 Å². The summed E-state index contributed by atoms with van der Waals surface area (Å²) in [6, 6.07) is 4.73. The third-order valence-corrected chi connectivity index (χ3v) is 6.92. The van der Waals surface area contributed by atoms with Gasteiger partial charge >= 0.3 is 5.97 Å². The summed E-state index contributed by atoms with van der Waals surface area (Å²) >= 11 is 3.21. The number of rotatable bonds is 5. The molecule has 32 heavy (non-hydrogen) atoms. The van der Waals surface area contributed by atoms with Gasteiger partial charge in [0.2, 0.25) is 0 Å². The van der Waals surface area contributed by atoms with Crippen LogP contribution in [-0.2, 0) is 6.42 Å². The van der Waals surface area contributed by atoms with Gasteiger partial charge < -0.3 is 14.2 Å². The zero-order valence-corrected chi connectivity index (χ0v) is 19.2. The number of carbonyl (C=O) groups is 1. The largest absolute Gasteiger partial charge is 0.478 e. The number of aryl methyl sites for hydroxylation is 2. The molecule has 0 spiro atoms. The molecule has 1 aromatic carbocycles. The Morgan fingerprint density at radius 3 is 2.75 bits per heavy atom. The number of carboxylic acids is 1. The lowest BCUT2D eigenvalue weighted by molar-refractivity contribution is 0.0696. The molecule has 0 saturated heterocycles. The molecule has 8 heteroatoms. The molecule has 1 saturated carbocycles. The predicted molar refractivity (Wildman–Crippen MR) is 122 cm³/mol. The summed E-state index contributed by atoms with van der Waals surface area (Å²) in [7, 11) is 0. The molecule has 1 aliphatic rings. The van der Waals surface area contributed by atoms with E-state index in [4.69, 9.17) is 9.51 Å². The number of halogens is 2. The Morgan fingerprint density at radius 2 is 2.12 bits per heavy atom. The number of aromatic carboxylic acids is 1. The molecule has 0 radical (unpaired) electrons. The van der Waals surface area contributed by atoms with Crippen LogP contribution < -0.4 is 0 Å². The summed E-state index contributed by atoms with van der Waals surface area (Å²) in [6.45, 7) is 3.69. The van der Waals surface area contributed by atoms with Gasteiger partial charge in [0.15, 0.2) is 5.82 Å². The topological polar surface area (TPSA) is 81.2 Å². The lowest BCUT2D eigenvalue weighted by atomic mass is 9.81. The summed E-state index contributed by atoms with van der Waals surface area (Å²) in [5, 5.41) is 13.8. The molecule has 1 N–H and O–H groups in total.